The molecule has 0 bridgehead atoms. The first-order valence-electron chi connectivity index (χ1n) is 10.0. The predicted molar refractivity (Wildman–Crippen MR) is 116 cm³/mol. The third-order valence-electron chi connectivity index (χ3n) is 4.65. The van der Waals surface area contributed by atoms with Crippen LogP contribution in [0.1, 0.15) is 37.3 Å². The first-order valence-corrected chi connectivity index (χ1v) is 10.0. The number of carbonyl (C=O) groups is 1. The Balaban J connectivity index is 1.61. The number of rotatable bonds is 12. The van der Waals surface area contributed by atoms with Crippen LogP contribution >= 0.6 is 0 Å². The molecule has 154 valence electrons. The molecule has 2 aromatic carbocycles. The minimum absolute atomic E-state index is 0.0148. The molecule has 0 aliphatic heterocycles. The third-order valence-corrected chi connectivity index (χ3v) is 4.65. The summed E-state index contributed by atoms with van der Waals surface area (Å²) in [5.74, 6) is -0.184. The fraction of sp³-hybridized carbons (Fsp3) is 0.348. The van der Waals surface area contributed by atoms with Gasteiger partial charge in [-0.05, 0) is 43.1 Å². The fourth-order valence-electron chi connectivity index (χ4n) is 3.01. The van der Waals surface area contributed by atoms with Crippen LogP contribution in [-0.4, -0.2) is 35.4 Å². The molecule has 29 heavy (non-hydrogen) atoms. The summed E-state index contributed by atoms with van der Waals surface area (Å²) in [6, 6.07) is 16.7. The number of nitrogens with zero attached hydrogens (tertiary/aromatic N) is 2. The summed E-state index contributed by atoms with van der Waals surface area (Å²) in [6.07, 6.45) is 6.09. The molecule has 0 radical (unpaired) electrons. The number of nitrogens with one attached hydrogen (secondary N) is 1. The zero-order chi connectivity index (χ0) is 20.9. The van der Waals surface area contributed by atoms with Gasteiger partial charge in [-0.1, -0.05) is 55.8 Å². The lowest BCUT2D eigenvalue weighted by Crippen LogP contribution is -2.25. The van der Waals surface area contributed by atoms with E-state index in [2.05, 4.69) is 41.4 Å². The molecule has 2 aromatic rings. The number of carbonyl (C=O) groups excluding carboxylic acids is 1. The molecule has 0 saturated carbocycles. The zero-order valence-electron chi connectivity index (χ0n) is 16.9. The number of non-ortho nitro benzene ring substituents is 1. The Morgan fingerprint density at radius 1 is 1.10 bits per heavy atom. The van der Waals surface area contributed by atoms with E-state index in [0.29, 0.717) is 12.1 Å². The second-order valence-electron chi connectivity index (χ2n) is 6.89. The molecule has 2 rings (SSSR count). The van der Waals surface area contributed by atoms with Crippen LogP contribution in [0.15, 0.2) is 60.7 Å². The lowest BCUT2D eigenvalue weighted by Gasteiger charge is -2.20. The van der Waals surface area contributed by atoms with Crippen LogP contribution in [0.3, 0.4) is 0 Å². The van der Waals surface area contributed by atoms with Crippen molar-refractivity contribution in [1.82, 2.24) is 10.2 Å². The molecule has 0 atom stereocenters. The Labute approximate surface area is 172 Å². The molecule has 0 spiro atoms. The van der Waals surface area contributed by atoms with Gasteiger partial charge >= 0.3 is 0 Å². The fourth-order valence-corrected chi connectivity index (χ4v) is 3.01. The maximum atomic E-state index is 11.9. The van der Waals surface area contributed by atoms with Gasteiger partial charge in [0.1, 0.15) is 0 Å². The summed E-state index contributed by atoms with van der Waals surface area (Å²) >= 11 is 0. The van der Waals surface area contributed by atoms with E-state index in [1.807, 2.05) is 6.07 Å². The molecule has 1 N–H and O–H groups in total. The second kappa shape index (κ2) is 12.5. The van der Waals surface area contributed by atoms with Crippen LogP contribution in [0.5, 0.6) is 0 Å². The Kier molecular flexibility index (Phi) is 9.59. The largest absolute Gasteiger partial charge is 0.353 e. The molecule has 0 heterocycles. The zero-order valence-corrected chi connectivity index (χ0v) is 16.9. The van der Waals surface area contributed by atoms with Crippen LogP contribution in [0.25, 0.3) is 6.08 Å². The highest BCUT2D eigenvalue weighted by Gasteiger charge is 2.05. The molecule has 0 unspecified atom stereocenters. The van der Waals surface area contributed by atoms with Crippen molar-refractivity contribution in [2.75, 3.05) is 19.6 Å². The highest BCUT2D eigenvalue weighted by Crippen LogP contribution is 2.14. The number of hydrogen-bond acceptors (Lipinski definition) is 4. The number of benzene rings is 2. The first kappa shape index (κ1) is 22.3. The van der Waals surface area contributed by atoms with E-state index in [9.17, 15) is 14.9 Å². The number of unbranched alkanes of at least 4 members (excludes halogenated alkanes) is 2. The molecule has 6 heteroatoms. The van der Waals surface area contributed by atoms with E-state index in [-0.39, 0.29) is 11.6 Å². The number of nitro groups is 1. The van der Waals surface area contributed by atoms with Crippen molar-refractivity contribution in [3.63, 3.8) is 0 Å². The Morgan fingerprint density at radius 2 is 1.90 bits per heavy atom. The Bertz CT molecular complexity index is 806. The third kappa shape index (κ3) is 8.70. The monoisotopic (exact) mass is 395 g/mol. The van der Waals surface area contributed by atoms with Crippen molar-refractivity contribution >= 4 is 17.7 Å². The molecular formula is C23H29N3O3. The van der Waals surface area contributed by atoms with Gasteiger partial charge in [0.2, 0.25) is 5.91 Å². The van der Waals surface area contributed by atoms with Crippen molar-refractivity contribution in [2.45, 2.75) is 32.7 Å². The van der Waals surface area contributed by atoms with Crippen molar-refractivity contribution in [1.29, 1.82) is 0 Å². The molecule has 0 aliphatic carbocycles. The van der Waals surface area contributed by atoms with Gasteiger partial charge in [0.15, 0.2) is 0 Å². The normalized spacial score (nSPS) is 11.1. The predicted octanol–water partition coefficient (Wildman–Crippen LogP) is 4.42. The van der Waals surface area contributed by atoms with Gasteiger partial charge < -0.3 is 5.32 Å². The molecule has 6 nitrogen and oxygen atoms in total. The quantitative estimate of drug-likeness (QED) is 0.250. The summed E-state index contributed by atoms with van der Waals surface area (Å²) in [7, 11) is 0. The van der Waals surface area contributed by atoms with Crippen LogP contribution in [0.4, 0.5) is 5.69 Å². The standard InChI is InChI=1S/C23H29N3O3/c1-2-25(19-21-10-5-3-6-11-21)17-8-4-7-16-24-23(27)15-14-20-12-9-13-22(18-20)26(28)29/h3,5-6,9-15,18H,2,4,7-8,16-17,19H2,1H3,(H,24,27)/b15-14+. The number of amides is 1. The maximum absolute atomic E-state index is 11.9. The van der Waals surface area contributed by atoms with Gasteiger partial charge in [0.25, 0.3) is 5.69 Å². The summed E-state index contributed by atoms with van der Waals surface area (Å²) in [6.45, 7) is 5.84. The Morgan fingerprint density at radius 3 is 2.62 bits per heavy atom. The highest BCUT2D eigenvalue weighted by atomic mass is 16.6. The Hall–Kier alpha value is -2.99. The van der Waals surface area contributed by atoms with Crippen molar-refractivity contribution in [2.24, 2.45) is 0 Å². The highest BCUT2D eigenvalue weighted by molar-refractivity contribution is 5.91. The van der Waals surface area contributed by atoms with Gasteiger partial charge in [-0.15, -0.1) is 0 Å². The molecule has 0 aromatic heterocycles. The van der Waals surface area contributed by atoms with Crippen LogP contribution in [0.2, 0.25) is 0 Å². The van der Waals surface area contributed by atoms with Gasteiger partial charge in [-0.25, -0.2) is 0 Å². The van der Waals surface area contributed by atoms with E-state index in [0.717, 1.165) is 38.9 Å². The van der Waals surface area contributed by atoms with Gasteiger partial charge in [0, 0.05) is 31.3 Å². The second-order valence-corrected chi connectivity index (χ2v) is 6.89. The number of hydrogen-bond donors (Lipinski definition) is 1. The van der Waals surface area contributed by atoms with Crippen molar-refractivity contribution in [3.8, 4) is 0 Å². The molecule has 0 saturated heterocycles. The maximum Gasteiger partial charge on any atom is 0.270 e. The lowest BCUT2D eigenvalue weighted by atomic mass is 10.2. The average Bonchev–Trinajstić information content (AvgIpc) is 2.74. The molecule has 0 aliphatic rings. The molecular weight excluding hydrogens is 366 g/mol. The van der Waals surface area contributed by atoms with E-state index < -0.39 is 4.92 Å². The minimum atomic E-state index is -0.447. The van der Waals surface area contributed by atoms with E-state index >= 15 is 0 Å². The van der Waals surface area contributed by atoms with Crippen LogP contribution in [0, 0.1) is 10.1 Å². The lowest BCUT2D eigenvalue weighted by molar-refractivity contribution is -0.384. The summed E-state index contributed by atoms with van der Waals surface area (Å²) in [5.41, 5.74) is 1.98. The summed E-state index contributed by atoms with van der Waals surface area (Å²) in [5, 5.41) is 13.6. The SMILES string of the molecule is CCN(CCCCCNC(=O)/C=C/c1cccc([N+](=O)[O-])c1)Cc1ccccc1. The molecule has 1 amide bonds. The smallest absolute Gasteiger partial charge is 0.270 e. The summed E-state index contributed by atoms with van der Waals surface area (Å²) < 4.78 is 0. The van der Waals surface area contributed by atoms with E-state index in [1.165, 1.54) is 23.8 Å². The van der Waals surface area contributed by atoms with Gasteiger partial charge in [-0.3, -0.25) is 19.8 Å². The average molecular weight is 396 g/mol. The molecule has 0 fully saturated rings. The van der Waals surface area contributed by atoms with Crippen LogP contribution < -0.4 is 5.32 Å². The van der Waals surface area contributed by atoms with Crippen molar-refractivity contribution in [3.05, 3.63) is 81.9 Å². The summed E-state index contributed by atoms with van der Waals surface area (Å²) in [4.78, 5) is 24.6. The van der Waals surface area contributed by atoms with E-state index in [4.69, 9.17) is 0 Å². The van der Waals surface area contributed by atoms with Crippen LogP contribution in [-0.2, 0) is 11.3 Å². The number of nitro benzene ring substituents is 1. The van der Waals surface area contributed by atoms with E-state index in [1.54, 1.807) is 18.2 Å². The topological polar surface area (TPSA) is 75.5 Å². The van der Waals surface area contributed by atoms with Gasteiger partial charge in [0.05, 0.1) is 4.92 Å². The first-order chi connectivity index (χ1) is 14.1. The van der Waals surface area contributed by atoms with Gasteiger partial charge in [-0.2, -0.15) is 0 Å². The van der Waals surface area contributed by atoms with Crippen molar-refractivity contribution < 1.29 is 9.72 Å². The minimum Gasteiger partial charge on any atom is -0.353 e.